The van der Waals surface area contributed by atoms with Crippen LogP contribution in [0.3, 0.4) is 0 Å². The van der Waals surface area contributed by atoms with Gasteiger partial charge in [-0.05, 0) is 61.2 Å². The summed E-state index contributed by atoms with van der Waals surface area (Å²) in [6.07, 6.45) is 4.09. The van der Waals surface area contributed by atoms with Crippen molar-refractivity contribution in [2.45, 2.75) is 19.8 Å². The minimum atomic E-state index is 0.437. The molecule has 0 spiro atoms. The summed E-state index contributed by atoms with van der Waals surface area (Å²) in [6, 6.07) is 15.8. The monoisotopic (exact) mass is 394 g/mol. The summed E-state index contributed by atoms with van der Waals surface area (Å²) >= 11 is 6.02. The second-order valence-electron chi connectivity index (χ2n) is 7.14. The third-order valence-corrected chi connectivity index (χ3v) is 5.16. The molecule has 6 nitrogen and oxygen atoms in total. The Hall–Kier alpha value is -2.86. The van der Waals surface area contributed by atoms with E-state index in [-0.39, 0.29) is 0 Å². The van der Waals surface area contributed by atoms with Gasteiger partial charge in [-0.15, -0.1) is 5.10 Å². The summed E-state index contributed by atoms with van der Waals surface area (Å²) in [5.41, 5.74) is 3.03. The van der Waals surface area contributed by atoms with E-state index in [0.717, 1.165) is 30.4 Å². The molecule has 0 unspecified atom stereocenters. The molecule has 28 heavy (non-hydrogen) atoms. The molecule has 0 aliphatic carbocycles. The third kappa shape index (κ3) is 4.70. The normalized spacial score (nSPS) is 14.7. The molecule has 0 saturated carbocycles. The number of aromatic nitrogens is 3. The second kappa shape index (κ2) is 8.44. The van der Waals surface area contributed by atoms with Crippen molar-refractivity contribution in [3.8, 4) is 0 Å². The first kappa shape index (κ1) is 18.5. The van der Waals surface area contributed by atoms with Gasteiger partial charge in [0.1, 0.15) is 0 Å². The van der Waals surface area contributed by atoms with Gasteiger partial charge in [0.05, 0.1) is 6.20 Å². The fourth-order valence-electron chi connectivity index (χ4n) is 3.28. The first-order chi connectivity index (χ1) is 13.7. The number of hydrogen-bond donors (Lipinski definition) is 2. The number of hydrogen-bond acceptors (Lipinski definition) is 6. The lowest BCUT2D eigenvalue weighted by atomic mass is 9.99. The number of nitrogens with one attached hydrogen (secondary N) is 2. The van der Waals surface area contributed by atoms with Gasteiger partial charge < -0.3 is 15.5 Å². The molecule has 1 aliphatic rings. The first-order valence-corrected chi connectivity index (χ1v) is 9.88. The standard InChI is InChI=1S/C21H23ClN6/c1-15-9-11-28(12-10-15)19-7-5-17(6-8-19)25-21-26-20(14-23-27-21)24-18-4-2-3-16(22)13-18/h2-8,13-15H,9-12H2,1H3,(H2,24,25,26,27). The number of anilines is 5. The van der Waals surface area contributed by atoms with Gasteiger partial charge in [0.15, 0.2) is 5.82 Å². The molecule has 4 rings (SSSR count). The summed E-state index contributed by atoms with van der Waals surface area (Å²) < 4.78 is 0. The highest BCUT2D eigenvalue weighted by atomic mass is 35.5. The summed E-state index contributed by atoms with van der Waals surface area (Å²) in [5.74, 6) is 1.86. The van der Waals surface area contributed by atoms with Crippen LogP contribution < -0.4 is 15.5 Å². The van der Waals surface area contributed by atoms with Crippen molar-refractivity contribution in [3.05, 3.63) is 59.8 Å². The van der Waals surface area contributed by atoms with E-state index < -0.39 is 0 Å². The first-order valence-electron chi connectivity index (χ1n) is 9.50. The SMILES string of the molecule is CC1CCN(c2ccc(Nc3nncc(Nc4cccc(Cl)c4)n3)cc2)CC1. The van der Waals surface area contributed by atoms with E-state index in [1.807, 2.05) is 36.4 Å². The number of rotatable bonds is 5. The van der Waals surface area contributed by atoms with Gasteiger partial charge in [0.25, 0.3) is 0 Å². The van der Waals surface area contributed by atoms with Crippen molar-refractivity contribution in [2.75, 3.05) is 28.6 Å². The fraction of sp³-hybridized carbons (Fsp3) is 0.286. The van der Waals surface area contributed by atoms with Gasteiger partial charge in [-0.25, -0.2) is 0 Å². The van der Waals surface area contributed by atoms with Crippen LogP contribution in [0.2, 0.25) is 5.02 Å². The van der Waals surface area contributed by atoms with Crippen LogP contribution in [0.4, 0.5) is 28.8 Å². The minimum absolute atomic E-state index is 0.437. The predicted octanol–water partition coefficient (Wildman–Crippen LogP) is 5.25. The van der Waals surface area contributed by atoms with Crippen molar-refractivity contribution in [1.82, 2.24) is 15.2 Å². The van der Waals surface area contributed by atoms with Crippen molar-refractivity contribution in [1.29, 1.82) is 0 Å². The Morgan fingerprint density at radius 3 is 2.54 bits per heavy atom. The van der Waals surface area contributed by atoms with E-state index in [0.29, 0.717) is 16.8 Å². The molecule has 0 atom stereocenters. The molecule has 0 amide bonds. The van der Waals surface area contributed by atoms with E-state index in [1.54, 1.807) is 6.20 Å². The zero-order chi connectivity index (χ0) is 19.3. The van der Waals surface area contributed by atoms with Crippen LogP contribution in [0.1, 0.15) is 19.8 Å². The highest BCUT2D eigenvalue weighted by Gasteiger charge is 2.15. The maximum atomic E-state index is 6.02. The highest BCUT2D eigenvalue weighted by molar-refractivity contribution is 6.30. The molecule has 144 valence electrons. The Bertz CT molecular complexity index is 922. The Kier molecular flexibility index (Phi) is 5.58. The van der Waals surface area contributed by atoms with Gasteiger partial charge in [-0.1, -0.05) is 24.6 Å². The molecule has 3 aromatic rings. The van der Waals surface area contributed by atoms with Gasteiger partial charge in [-0.2, -0.15) is 10.1 Å². The van der Waals surface area contributed by atoms with E-state index in [2.05, 4.69) is 49.8 Å². The van der Waals surface area contributed by atoms with Crippen molar-refractivity contribution in [3.63, 3.8) is 0 Å². The molecule has 2 N–H and O–H groups in total. The fourth-order valence-corrected chi connectivity index (χ4v) is 3.47. The van der Waals surface area contributed by atoms with Gasteiger partial charge in [-0.3, -0.25) is 0 Å². The Morgan fingerprint density at radius 2 is 1.79 bits per heavy atom. The van der Waals surface area contributed by atoms with Crippen LogP contribution in [-0.2, 0) is 0 Å². The quantitative estimate of drug-likeness (QED) is 0.616. The van der Waals surface area contributed by atoms with Crippen LogP contribution in [0.25, 0.3) is 0 Å². The number of benzene rings is 2. The molecule has 1 saturated heterocycles. The smallest absolute Gasteiger partial charge is 0.249 e. The van der Waals surface area contributed by atoms with Crippen LogP contribution in [0.5, 0.6) is 0 Å². The van der Waals surface area contributed by atoms with Gasteiger partial charge >= 0.3 is 0 Å². The lowest BCUT2D eigenvalue weighted by molar-refractivity contribution is 0.438. The van der Waals surface area contributed by atoms with Gasteiger partial charge in [0.2, 0.25) is 5.95 Å². The number of nitrogens with zero attached hydrogens (tertiary/aromatic N) is 4. The summed E-state index contributed by atoms with van der Waals surface area (Å²) in [7, 11) is 0. The van der Waals surface area contributed by atoms with E-state index in [1.165, 1.54) is 18.5 Å². The van der Waals surface area contributed by atoms with Crippen molar-refractivity contribution in [2.24, 2.45) is 5.92 Å². The lowest BCUT2D eigenvalue weighted by Crippen LogP contribution is -2.32. The molecule has 0 bridgehead atoms. The third-order valence-electron chi connectivity index (χ3n) is 4.93. The number of piperidine rings is 1. The maximum Gasteiger partial charge on any atom is 0.249 e. The van der Waals surface area contributed by atoms with E-state index >= 15 is 0 Å². The average Bonchev–Trinajstić information content (AvgIpc) is 2.70. The molecule has 2 heterocycles. The van der Waals surface area contributed by atoms with E-state index in [9.17, 15) is 0 Å². The zero-order valence-electron chi connectivity index (χ0n) is 15.8. The molecule has 1 aromatic heterocycles. The zero-order valence-corrected chi connectivity index (χ0v) is 16.5. The second-order valence-corrected chi connectivity index (χ2v) is 7.58. The minimum Gasteiger partial charge on any atom is -0.372 e. The maximum absolute atomic E-state index is 6.02. The summed E-state index contributed by atoms with van der Waals surface area (Å²) in [5, 5.41) is 15.1. The van der Waals surface area contributed by atoms with Crippen LogP contribution in [0, 0.1) is 5.92 Å². The largest absolute Gasteiger partial charge is 0.372 e. The lowest BCUT2D eigenvalue weighted by Gasteiger charge is -2.32. The molecular weight excluding hydrogens is 372 g/mol. The Labute approximate surface area is 170 Å². The molecule has 1 aliphatic heterocycles. The topological polar surface area (TPSA) is 66.0 Å². The van der Waals surface area contributed by atoms with Crippen LogP contribution >= 0.6 is 11.6 Å². The predicted molar refractivity (Wildman–Crippen MR) is 115 cm³/mol. The summed E-state index contributed by atoms with van der Waals surface area (Å²) in [4.78, 5) is 6.91. The summed E-state index contributed by atoms with van der Waals surface area (Å²) in [6.45, 7) is 4.57. The van der Waals surface area contributed by atoms with Crippen molar-refractivity contribution >= 4 is 40.4 Å². The Morgan fingerprint density at radius 1 is 1.00 bits per heavy atom. The molecule has 1 fully saturated rings. The van der Waals surface area contributed by atoms with Gasteiger partial charge in [0, 0.05) is 35.2 Å². The van der Waals surface area contributed by atoms with Crippen molar-refractivity contribution < 1.29 is 0 Å². The molecule has 0 radical (unpaired) electrons. The highest BCUT2D eigenvalue weighted by Crippen LogP contribution is 2.25. The van der Waals surface area contributed by atoms with E-state index in [4.69, 9.17) is 11.6 Å². The average molecular weight is 395 g/mol. The van der Waals surface area contributed by atoms with Crippen LogP contribution in [0.15, 0.2) is 54.7 Å². The molecule has 7 heteroatoms. The van der Waals surface area contributed by atoms with Crippen LogP contribution in [-0.4, -0.2) is 28.3 Å². The Balaban J connectivity index is 1.41. The molecule has 2 aromatic carbocycles. The number of halogens is 1. The molecular formula is C21H23ClN6.